The third kappa shape index (κ3) is 4.13. The molecule has 0 aliphatic carbocycles. The molecule has 0 saturated carbocycles. The topological polar surface area (TPSA) is 47.6 Å². The summed E-state index contributed by atoms with van der Waals surface area (Å²) in [5.74, 6) is -0.788. The molecule has 124 valence electrons. The second kappa shape index (κ2) is 7.00. The smallest absolute Gasteiger partial charge is 0.420 e. The Balaban J connectivity index is 3.07. The predicted octanol–water partition coefficient (Wildman–Crippen LogP) is 3.86. The van der Waals surface area contributed by atoms with Gasteiger partial charge in [0.15, 0.2) is 0 Å². The Hall–Kier alpha value is -1.76. The lowest BCUT2D eigenvalue weighted by Crippen LogP contribution is -2.42. The Morgan fingerprint density at radius 3 is 2.36 bits per heavy atom. The van der Waals surface area contributed by atoms with E-state index in [4.69, 9.17) is 9.47 Å². The summed E-state index contributed by atoms with van der Waals surface area (Å²) in [5, 5.41) is 2.46. The van der Waals surface area contributed by atoms with Crippen LogP contribution in [0.2, 0.25) is 0 Å². The van der Waals surface area contributed by atoms with Crippen molar-refractivity contribution in [3.8, 4) is 5.75 Å². The van der Waals surface area contributed by atoms with Gasteiger partial charge in [0.1, 0.15) is 11.4 Å². The number of methoxy groups -OCH3 is 1. The first-order valence-electron chi connectivity index (χ1n) is 6.88. The molecule has 0 spiro atoms. The van der Waals surface area contributed by atoms with Crippen molar-refractivity contribution in [1.29, 1.82) is 0 Å². The Kier molecular flexibility index (Phi) is 5.82. The van der Waals surface area contributed by atoms with Crippen molar-refractivity contribution < 1.29 is 27.4 Å². The number of hydrogen-bond donors (Lipinski definition) is 1. The summed E-state index contributed by atoms with van der Waals surface area (Å²) in [6, 6.07) is 3.37. The van der Waals surface area contributed by atoms with Crippen molar-refractivity contribution in [2.24, 2.45) is 0 Å². The first-order valence-corrected chi connectivity index (χ1v) is 6.88. The van der Waals surface area contributed by atoms with Gasteiger partial charge in [0.05, 0.1) is 12.7 Å². The van der Waals surface area contributed by atoms with E-state index < -0.39 is 23.2 Å². The second-order valence-electron chi connectivity index (χ2n) is 4.88. The van der Waals surface area contributed by atoms with Crippen molar-refractivity contribution in [3.63, 3.8) is 0 Å². The molecule has 0 aliphatic rings. The highest BCUT2D eigenvalue weighted by Gasteiger charge is 2.36. The normalized spacial score (nSPS) is 14.3. The maximum absolute atomic E-state index is 13.0. The van der Waals surface area contributed by atoms with Crippen molar-refractivity contribution >= 4 is 11.6 Å². The zero-order valence-corrected chi connectivity index (χ0v) is 13.0. The zero-order chi connectivity index (χ0) is 17.0. The molecule has 1 aromatic rings. The maximum atomic E-state index is 13.0. The number of ether oxygens (including phenoxy) is 2. The SMILES string of the molecule is CCO[C@@](C)(CC)C(=O)Nc1ccc(OC)c(C(F)(F)F)c1. The molecule has 0 unspecified atom stereocenters. The summed E-state index contributed by atoms with van der Waals surface area (Å²) in [4.78, 5) is 12.2. The van der Waals surface area contributed by atoms with Crippen LogP contribution in [-0.2, 0) is 15.7 Å². The van der Waals surface area contributed by atoms with Crippen LogP contribution < -0.4 is 10.1 Å². The van der Waals surface area contributed by atoms with E-state index in [1.807, 2.05) is 0 Å². The van der Waals surface area contributed by atoms with E-state index in [0.29, 0.717) is 13.0 Å². The van der Waals surface area contributed by atoms with Gasteiger partial charge in [0, 0.05) is 12.3 Å². The van der Waals surface area contributed by atoms with Gasteiger partial charge in [-0.05, 0) is 38.5 Å². The Bertz CT molecular complexity index is 531. The fraction of sp³-hybridized carbons (Fsp3) is 0.533. The molecule has 0 heterocycles. The minimum Gasteiger partial charge on any atom is -0.496 e. The van der Waals surface area contributed by atoms with Crippen molar-refractivity contribution in [2.75, 3.05) is 19.0 Å². The maximum Gasteiger partial charge on any atom is 0.420 e. The number of carbonyl (C=O) groups excluding carboxylic acids is 1. The number of hydrogen-bond acceptors (Lipinski definition) is 3. The Morgan fingerprint density at radius 2 is 1.91 bits per heavy atom. The van der Waals surface area contributed by atoms with Crippen molar-refractivity contribution in [3.05, 3.63) is 23.8 Å². The Labute approximate surface area is 127 Å². The van der Waals surface area contributed by atoms with Gasteiger partial charge < -0.3 is 14.8 Å². The van der Waals surface area contributed by atoms with Gasteiger partial charge in [-0.2, -0.15) is 13.2 Å². The third-order valence-electron chi connectivity index (χ3n) is 3.38. The van der Waals surface area contributed by atoms with Crippen LogP contribution in [0.4, 0.5) is 18.9 Å². The van der Waals surface area contributed by atoms with E-state index in [2.05, 4.69) is 5.32 Å². The van der Waals surface area contributed by atoms with Gasteiger partial charge in [-0.25, -0.2) is 0 Å². The molecule has 22 heavy (non-hydrogen) atoms. The summed E-state index contributed by atoms with van der Waals surface area (Å²) >= 11 is 0. The van der Waals surface area contributed by atoms with Gasteiger partial charge in [0.2, 0.25) is 0 Å². The van der Waals surface area contributed by atoms with Crippen molar-refractivity contribution in [2.45, 2.75) is 39.0 Å². The average Bonchev–Trinajstić information content (AvgIpc) is 2.46. The first-order chi connectivity index (χ1) is 10.2. The largest absolute Gasteiger partial charge is 0.496 e. The number of alkyl halides is 3. The number of amides is 1. The van der Waals surface area contributed by atoms with Crippen LogP contribution in [0.15, 0.2) is 18.2 Å². The van der Waals surface area contributed by atoms with Gasteiger partial charge in [0.25, 0.3) is 5.91 Å². The third-order valence-corrected chi connectivity index (χ3v) is 3.38. The molecule has 7 heteroatoms. The van der Waals surface area contributed by atoms with E-state index >= 15 is 0 Å². The molecule has 0 radical (unpaired) electrons. The molecule has 0 aliphatic heterocycles. The standard InChI is InChI=1S/C15H20F3NO3/c1-5-14(3,22-6-2)13(20)19-10-7-8-12(21-4)11(9-10)15(16,17)18/h7-9H,5-6H2,1-4H3,(H,19,20)/t14-/m0/s1. The number of nitrogens with one attached hydrogen (secondary N) is 1. The number of benzene rings is 1. The lowest BCUT2D eigenvalue weighted by molar-refractivity contribution is -0.140. The number of carbonyl (C=O) groups is 1. The van der Waals surface area contributed by atoms with E-state index in [1.165, 1.54) is 12.1 Å². The molecule has 1 atom stereocenters. The molecule has 1 rings (SSSR count). The minimum atomic E-state index is -4.57. The van der Waals surface area contributed by atoms with Crippen LogP contribution in [0, 0.1) is 0 Å². The fourth-order valence-electron chi connectivity index (χ4n) is 1.92. The number of halogens is 3. The summed E-state index contributed by atoms with van der Waals surface area (Å²) in [5.41, 5.74) is -1.99. The van der Waals surface area contributed by atoms with Gasteiger partial charge >= 0.3 is 6.18 Å². The highest BCUT2D eigenvalue weighted by Crippen LogP contribution is 2.37. The van der Waals surface area contributed by atoms with E-state index in [1.54, 1.807) is 20.8 Å². The van der Waals surface area contributed by atoms with E-state index in [0.717, 1.165) is 13.2 Å². The number of anilines is 1. The second-order valence-corrected chi connectivity index (χ2v) is 4.88. The zero-order valence-electron chi connectivity index (χ0n) is 13.0. The fourth-order valence-corrected chi connectivity index (χ4v) is 1.92. The summed E-state index contributed by atoms with van der Waals surface area (Å²) in [6.07, 6.45) is -4.17. The quantitative estimate of drug-likeness (QED) is 0.866. The Morgan fingerprint density at radius 1 is 1.27 bits per heavy atom. The lowest BCUT2D eigenvalue weighted by Gasteiger charge is -2.27. The predicted molar refractivity (Wildman–Crippen MR) is 76.9 cm³/mol. The molecule has 0 bridgehead atoms. The molecular weight excluding hydrogens is 299 g/mol. The van der Waals surface area contributed by atoms with Gasteiger partial charge in [-0.15, -0.1) is 0 Å². The molecular formula is C15H20F3NO3. The molecule has 0 saturated heterocycles. The van der Waals surface area contributed by atoms with Crippen LogP contribution in [0.25, 0.3) is 0 Å². The highest BCUT2D eigenvalue weighted by molar-refractivity contribution is 5.97. The first kappa shape index (κ1) is 18.3. The number of rotatable bonds is 6. The monoisotopic (exact) mass is 319 g/mol. The lowest BCUT2D eigenvalue weighted by atomic mass is 10.0. The minimum absolute atomic E-state index is 0.0394. The average molecular weight is 319 g/mol. The van der Waals surface area contributed by atoms with Crippen LogP contribution in [-0.4, -0.2) is 25.2 Å². The van der Waals surface area contributed by atoms with Crippen LogP contribution >= 0.6 is 0 Å². The molecule has 1 amide bonds. The molecule has 4 nitrogen and oxygen atoms in total. The van der Waals surface area contributed by atoms with Crippen LogP contribution in [0.3, 0.4) is 0 Å². The summed E-state index contributed by atoms with van der Waals surface area (Å²) < 4.78 is 49.0. The highest BCUT2D eigenvalue weighted by atomic mass is 19.4. The summed E-state index contributed by atoms with van der Waals surface area (Å²) in [6.45, 7) is 5.44. The van der Waals surface area contributed by atoms with Crippen LogP contribution in [0.5, 0.6) is 5.75 Å². The van der Waals surface area contributed by atoms with Crippen LogP contribution in [0.1, 0.15) is 32.8 Å². The van der Waals surface area contributed by atoms with E-state index in [-0.39, 0.29) is 11.4 Å². The molecule has 0 fully saturated rings. The molecule has 1 aromatic carbocycles. The van der Waals surface area contributed by atoms with E-state index in [9.17, 15) is 18.0 Å². The summed E-state index contributed by atoms with van der Waals surface area (Å²) in [7, 11) is 1.16. The molecule has 0 aromatic heterocycles. The van der Waals surface area contributed by atoms with Crippen molar-refractivity contribution in [1.82, 2.24) is 0 Å². The van der Waals surface area contributed by atoms with Gasteiger partial charge in [-0.3, -0.25) is 4.79 Å². The van der Waals surface area contributed by atoms with Gasteiger partial charge in [-0.1, -0.05) is 6.92 Å². The molecule has 1 N–H and O–H groups in total.